The Morgan fingerprint density at radius 2 is 1.70 bits per heavy atom. The van der Waals surface area contributed by atoms with E-state index >= 15 is 0 Å². The van der Waals surface area contributed by atoms with Crippen LogP contribution >= 0.6 is 0 Å². The number of aromatic nitrogens is 1. The fourth-order valence-corrected chi connectivity index (χ4v) is 4.05. The number of rotatable bonds is 9. The maximum Gasteiger partial charge on any atom is 0.270 e. The summed E-state index contributed by atoms with van der Waals surface area (Å²) >= 11 is 0. The van der Waals surface area contributed by atoms with Crippen molar-refractivity contribution in [3.8, 4) is 11.5 Å². The first kappa shape index (κ1) is 22.4. The van der Waals surface area contributed by atoms with E-state index in [0.29, 0.717) is 30.3 Å². The van der Waals surface area contributed by atoms with Crippen LogP contribution in [-0.4, -0.2) is 47.9 Å². The van der Waals surface area contributed by atoms with Crippen LogP contribution in [0.4, 0.5) is 0 Å². The maximum absolute atomic E-state index is 13.8. The van der Waals surface area contributed by atoms with Gasteiger partial charge in [-0.15, -0.1) is 0 Å². The highest BCUT2D eigenvalue weighted by molar-refractivity contribution is 5.99. The lowest BCUT2D eigenvalue weighted by atomic mass is 10.1. The molecule has 170 valence electrons. The van der Waals surface area contributed by atoms with Gasteiger partial charge < -0.3 is 24.0 Å². The third kappa shape index (κ3) is 4.86. The van der Waals surface area contributed by atoms with E-state index in [1.54, 1.807) is 25.2 Å². The van der Waals surface area contributed by atoms with Gasteiger partial charge >= 0.3 is 0 Å². The largest absolute Gasteiger partial charge is 0.497 e. The Balaban J connectivity index is 1.71. The number of benzene rings is 3. The van der Waals surface area contributed by atoms with Crippen molar-refractivity contribution in [3.05, 3.63) is 95.7 Å². The zero-order valence-corrected chi connectivity index (χ0v) is 18.9. The molecule has 0 atom stereocenters. The first-order valence-corrected chi connectivity index (χ1v) is 10.9. The molecule has 3 aromatic carbocycles. The summed E-state index contributed by atoms with van der Waals surface area (Å²) in [5, 5.41) is 10.7. The van der Waals surface area contributed by atoms with Gasteiger partial charge in [0.1, 0.15) is 17.2 Å². The number of carbonyl (C=O) groups is 1. The van der Waals surface area contributed by atoms with Gasteiger partial charge in [-0.1, -0.05) is 48.5 Å². The van der Waals surface area contributed by atoms with Crippen LogP contribution in [-0.2, 0) is 13.1 Å². The molecule has 1 N–H and O–H groups in total. The summed E-state index contributed by atoms with van der Waals surface area (Å²) in [6.07, 6.45) is 0. The molecule has 0 aliphatic rings. The second-order valence-electron chi connectivity index (χ2n) is 7.79. The van der Waals surface area contributed by atoms with Gasteiger partial charge in [-0.3, -0.25) is 4.79 Å². The average Bonchev–Trinajstić information content (AvgIpc) is 3.22. The summed E-state index contributed by atoms with van der Waals surface area (Å²) < 4.78 is 12.8. The first-order chi connectivity index (χ1) is 16.1. The minimum absolute atomic E-state index is 0.136. The second-order valence-corrected chi connectivity index (χ2v) is 7.79. The standard InChI is InChI=1S/C27H28N2O4/c1-32-23-13-12-22(26(17-23)33-2)19-28(14-15-30)27(31)25-16-21-10-6-7-11-24(21)29(25)18-20-8-4-3-5-9-20/h3-13,16-17,30H,14-15,18-19H2,1-2H3. The Hall–Kier alpha value is -3.77. The highest BCUT2D eigenvalue weighted by Gasteiger charge is 2.23. The Labute approximate surface area is 193 Å². The summed E-state index contributed by atoms with van der Waals surface area (Å²) in [6.45, 7) is 0.956. The van der Waals surface area contributed by atoms with Crippen molar-refractivity contribution < 1.29 is 19.4 Å². The fourth-order valence-electron chi connectivity index (χ4n) is 4.05. The molecule has 0 aliphatic carbocycles. The number of methoxy groups -OCH3 is 2. The van der Waals surface area contributed by atoms with E-state index in [-0.39, 0.29) is 19.1 Å². The summed E-state index contributed by atoms with van der Waals surface area (Å²) in [6, 6.07) is 25.5. The molecule has 33 heavy (non-hydrogen) atoms. The summed E-state index contributed by atoms with van der Waals surface area (Å²) in [5.41, 5.74) is 3.53. The van der Waals surface area contributed by atoms with E-state index in [0.717, 1.165) is 22.0 Å². The number of hydrogen-bond donors (Lipinski definition) is 1. The third-order valence-corrected chi connectivity index (χ3v) is 5.73. The first-order valence-electron chi connectivity index (χ1n) is 10.9. The maximum atomic E-state index is 13.8. The minimum Gasteiger partial charge on any atom is -0.497 e. The number of nitrogens with zero attached hydrogens (tertiary/aromatic N) is 2. The quantitative estimate of drug-likeness (QED) is 0.417. The van der Waals surface area contributed by atoms with Gasteiger partial charge in [0.15, 0.2) is 0 Å². The van der Waals surface area contributed by atoms with Crippen LogP contribution < -0.4 is 9.47 Å². The van der Waals surface area contributed by atoms with Crippen molar-refractivity contribution >= 4 is 16.8 Å². The molecule has 0 fully saturated rings. The van der Waals surface area contributed by atoms with E-state index in [1.165, 1.54) is 0 Å². The van der Waals surface area contributed by atoms with Crippen LogP contribution in [0.5, 0.6) is 11.5 Å². The number of hydrogen-bond acceptors (Lipinski definition) is 4. The van der Waals surface area contributed by atoms with Crippen LogP contribution in [0.1, 0.15) is 21.6 Å². The highest BCUT2D eigenvalue weighted by Crippen LogP contribution is 2.27. The van der Waals surface area contributed by atoms with Crippen molar-refractivity contribution in [1.29, 1.82) is 0 Å². The molecule has 4 aromatic rings. The number of amides is 1. The van der Waals surface area contributed by atoms with Gasteiger partial charge in [0.2, 0.25) is 0 Å². The van der Waals surface area contributed by atoms with E-state index < -0.39 is 0 Å². The van der Waals surface area contributed by atoms with Crippen molar-refractivity contribution in [2.45, 2.75) is 13.1 Å². The highest BCUT2D eigenvalue weighted by atomic mass is 16.5. The van der Waals surface area contributed by atoms with Crippen LogP contribution in [0.3, 0.4) is 0 Å². The summed E-state index contributed by atoms with van der Waals surface area (Å²) in [5.74, 6) is 1.17. The summed E-state index contributed by atoms with van der Waals surface area (Å²) in [7, 11) is 3.19. The molecular weight excluding hydrogens is 416 g/mol. The van der Waals surface area contributed by atoms with E-state index in [4.69, 9.17) is 9.47 Å². The molecule has 6 nitrogen and oxygen atoms in total. The lowest BCUT2D eigenvalue weighted by Crippen LogP contribution is -2.34. The van der Waals surface area contributed by atoms with Gasteiger partial charge in [0.25, 0.3) is 5.91 Å². The molecule has 4 rings (SSSR count). The molecule has 0 spiro atoms. The Morgan fingerprint density at radius 1 is 0.939 bits per heavy atom. The van der Waals surface area contributed by atoms with Gasteiger partial charge in [-0.05, 0) is 29.8 Å². The molecule has 1 aromatic heterocycles. The zero-order chi connectivity index (χ0) is 23.2. The van der Waals surface area contributed by atoms with Gasteiger partial charge in [-0.2, -0.15) is 0 Å². The Bertz CT molecular complexity index is 1230. The SMILES string of the molecule is COc1ccc(CN(CCO)C(=O)c2cc3ccccc3n2Cc2ccccc2)c(OC)c1. The van der Waals surface area contributed by atoms with Crippen molar-refractivity contribution in [2.75, 3.05) is 27.4 Å². The van der Waals surface area contributed by atoms with Crippen molar-refractivity contribution in [3.63, 3.8) is 0 Å². The van der Waals surface area contributed by atoms with Crippen molar-refractivity contribution in [1.82, 2.24) is 9.47 Å². The smallest absolute Gasteiger partial charge is 0.270 e. The second kappa shape index (κ2) is 10.2. The minimum atomic E-state index is -0.144. The molecule has 1 heterocycles. The van der Waals surface area contributed by atoms with Crippen LogP contribution in [0.15, 0.2) is 78.9 Å². The summed E-state index contributed by atoms with van der Waals surface area (Å²) in [4.78, 5) is 15.4. The van der Waals surface area contributed by atoms with Crippen molar-refractivity contribution in [2.24, 2.45) is 0 Å². The molecule has 6 heteroatoms. The molecule has 0 unspecified atom stereocenters. The van der Waals surface area contributed by atoms with Gasteiger partial charge in [0, 0.05) is 42.2 Å². The average molecular weight is 445 g/mol. The number of aliphatic hydroxyl groups is 1. The fraction of sp³-hybridized carbons (Fsp3) is 0.222. The molecule has 1 amide bonds. The third-order valence-electron chi connectivity index (χ3n) is 5.73. The molecule has 0 saturated carbocycles. The van der Waals surface area contributed by atoms with Gasteiger partial charge in [-0.25, -0.2) is 0 Å². The van der Waals surface area contributed by atoms with E-state index in [2.05, 4.69) is 12.1 Å². The number of ether oxygens (including phenoxy) is 2. The van der Waals surface area contributed by atoms with Crippen LogP contribution in [0.2, 0.25) is 0 Å². The number of fused-ring (bicyclic) bond motifs is 1. The number of aliphatic hydroxyl groups excluding tert-OH is 1. The van der Waals surface area contributed by atoms with Crippen LogP contribution in [0.25, 0.3) is 10.9 Å². The molecule has 0 saturated heterocycles. The Morgan fingerprint density at radius 3 is 2.42 bits per heavy atom. The number of para-hydroxylation sites is 1. The molecule has 0 aliphatic heterocycles. The molecular formula is C27H28N2O4. The van der Waals surface area contributed by atoms with Gasteiger partial charge in [0.05, 0.1) is 20.8 Å². The van der Waals surface area contributed by atoms with Crippen LogP contribution in [0, 0.1) is 0 Å². The monoisotopic (exact) mass is 444 g/mol. The number of carbonyl (C=O) groups excluding carboxylic acids is 1. The normalized spacial score (nSPS) is 10.9. The lowest BCUT2D eigenvalue weighted by Gasteiger charge is -2.24. The predicted octanol–water partition coefficient (Wildman–Crippen LogP) is 4.34. The predicted molar refractivity (Wildman–Crippen MR) is 129 cm³/mol. The molecule has 0 bridgehead atoms. The Kier molecular flexibility index (Phi) is 6.95. The topological polar surface area (TPSA) is 63.9 Å². The molecule has 0 radical (unpaired) electrons. The zero-order valence-electron chi connectivity index (χ0n) is 18.9. The van der Waals surface area contributed by atoms with E-state index in [1.807, 2.05) is 65.2 Å². The lowest BCUT2D eigenvalue weighted by molar-refractivity contribution is 0.0696. The van der Waals surface area contributed by atoms with E-state index in [9.17, 15) is 9.90 Å².